The molecule has 1 aromatic rings. The zero-order chi connectivity index (χ0) is 17.9. The number of rotatable bonds is 5. The van der Waals surface area contributed by atoms with E-state index in [1.807, 2.05) is 0 Å². The predicted octanol–water partition coefficient (Wildman–Crippen LogP) is 0.658. The first-order valence-corrected chi connectivity index (χ1v) is 8.69. The van der Waals surface area contributed by atoms with E-state index in [0.717, 1.165) is 32.4 Å². The molecule has 8 heteroatoms. The van der Waals surface area contributed by atoms with Crippen LogP contribution in [0.25, 0.3) is 0 Å². The van der Waals surface area contributed by atoms with Crippen LogP contribution in [0, 0.1) is 5.41 Å². The average molecular weight is 351 g/mol. The fraction of sp³-hybridized carbons (Fsp3) is 0.706. The van der Waals surface area contributed by atoms with Gasteiger partial charge >= 0.3 is 5.97 Å². The lowest BCUT2D eigenvalue weighted by molar-refractivity contribution is -0.140. The van der Waals surface area contributed by atoms with Crippen molar-refractivity contribution in [3.63, 3.8) is 0 Å². The van der Waals surface area contributed by atoms with Gasteiger partial charge in [0.15, 0.2) is 5.69 Å². The van der Waals surface area contributed by atoms with E-state index < -0.39 is 5.97 Å². The number of hydrogen-bond acceptors (Lipinski definition) is 7. The van der Waals surface area contributed by atoms with Crippen molar-refractivity contribution in [3.8, 4) is 0 Å². The number of nitrogens with zero attached hydrogens (tertiary/aromatic N) is 3. The molecule has 0 radical (unpaired) electrons. The van der Waals surface area contributed by atoms with E-state index in [9.17, 15) is 14.7 Å². The summed E-state index contributed by atoms with van der Waals surface area (Å²) >= 11 is 0. The van der Waals surface area contributed by atoms with Crippen molar-refractivity contribution < 1.29 is 23.8 Å². The molecule has 1 N–H and O–H groups in total. The lowest BCUT2D eigenvalue weighted by Gasteiger charge is -2.48. The maximum absolute atomic E-state index is 12.0. The number of piperidine rings is 2. The number of oxazole rings is 1. The topological polar surface area (TPSA) is 96.1 Å². The molecule has 3 heterocycles. The van der Waals surface area contributed by atoms with Crippen LogP contribution in [-0.4, -0.2) is 71.7 Å². The summed E-state index contributed by atoms with van der Waals surface area (Å²) < 4.78 is 10.0. The molecule has 1 spiro atoms. The van der Waals surface area contributed by atoms with Crippen molar-refractivity contribution in [2.75, 3.05) is 39.9 Å². The van der Waals surface area contributed by atoms with Gasteiger partial charge < -0.3 is 19.2 Å². The van der Waals surface area contributed by atoms with Crippen LogP contribution in [0.1, 0.15) is 42.1 Å². The largest absolute Gasteiger partial charge is 0.464 e. The number of ether oxygens (including phenoxy) is 1. The summed E-state index contributed by atoms with van der Waals surface area (Å²) in [5, 5.41) is 9.17. The van der Waals surface area contributed by atoms with Crippen LogP contribution in [-0.2, 0) is 16.1 Å². The number of carbonyl (C=O) groups excluding carboxylic acids is 2. The summed E-state index contributed by atoms with van der Waals surface area (Å²) in [7, 11) is 1.31. The quantitative estimate of drug-likeness (QED) is 0.778. The number of aliphatic hydroxyl groups is 1. The molecule has 2 saturated heterocycles. The second-order valence-corrected chi connectivity index (χ2v) is 6.97. The lowest BCUT2D eigenvalue weighted by atomic mass is 9.73. The maximum atomic E-state index is 12.0. The van der Waals surface area contributed by atoms with Crippen LogP contribution in [0.4, 0.5) is 0 Å². The molecular formula is C17H25N3O5. The molecule has 0 bridgehead atoms. The molecule has 0 aliphatic carbocycles. The highest BCUT2D eigenvalue weighted by Crippen LogP contribution is 2.39. The highest BCUT2D eigenvalue weighted by atomic mass is 16.5. The summed E-state index contributed by atoms with van der Waals surface area (Å²) in [5.41, 5.74) is 0.251. The van der Waals surface area contributed by atoms with Crippen LogP contribution in [0.3, 0.4) is 0 Å². The van der Waals surface area contributed by atoms with Gasteiger partial charge in [-0.1, -0.05) is 0 Å². The van der Waals surface area contributed by atoms with Gasteiger partial charge in [0.1, 0.15) is 6.26 Å². The molecule has 2 aliphatic heterocycles. The summed E-state index contributed by atoms with van der Waals surface area (Å²) in [6.07, 6.45) is 4.87. The van der Waals surface area contributed by atoms with E-state index in [1.54, 1.807) is 4.90 Å². The fourth-order valence-corrected chi connectivity index (χ4v) is 3.98. The Hall–Kier alpha value is -1.93. The molecule has 3 rings (SSSR count). The van der Waals surface area contributed by atoms with Crippen LogP contribution < -0.4 is 0 Å². The minimum absolute atomic E-state index is 0.00183. The van der Waals surface area contributed by atoms with Gasteiger partial charge in [0, 0.05) is 31.5 Å². The molecule has 1 amide bonds. The summed E-state index contributed by atoms with van der Waals surface area (Å²) in [6, 6.07) is 0. The van der Waals surface area contributed by atoms with E-state index in [0.29, 0.717) is 31.9 Å². The van der Waals surface area contributed by atoms with Gasteiger partial charge in [-0.3, -0.25) is 9.69 Å². The van der Waals surface area contributed by atoms with Crippen molar-refractivity contribution in [2.45, 2.75) is 32.2 Å². The van der Waals surface area contributed by atoms with Crippen molar-refractivity contribution >= 4 is 11.9 Å². The molecule has 0 saturated carbocycles. The van der Waals surface area contributed by atoms with Crippen molar-refractivity contribution in [1.82, 2.24) is 14.8 Å². The highest BCUT2D eigenvalue weighted by Gasteiger charge is 2.41. The number of amides is 1. The van der Waals surface area contributed by atoms with Gasteiger partial charge in [0.25, 0.3) is 0 Å². The fourth-order valence-electron chi connectivity index (χ4n) is 3.98. The van der Waals surface area contributed by atoms with Crippen LogP contribution in [0.15, 0.2) is 10.7 Å². The van der Waals surface area contributed by atoms with E-state index in [-0.39, 0.29) is 23.6 Å². The van der Waals surface area contributed by atoms with Crippen LogP contribution in [0.5, 0.6) is 0 Å². The Balaban J connectivity index is 1.64. The van der Waals surface area contributed by atoms with Crippen molar-refractivity contribution in [1.29, 1.82) is 0 Å². The molecule has 2 fully saturated rings. The number of likely N-dealkylation sites (tertiary alicyclic amines) is 2. The van der Waals surface area contributed by atoms with Crippen LogP contribution >= 0.6 is 0 Å². The third kappa shape index (κ3) is 4.01. The third-order valence-electron chi connectivity index (χ3n) is 5.16. The van der Waals surface area contributed by atoms with Crippen LogP contribution in [0.2, 0.25) is 0 Å². The van der Waals surface area contributed by atoms with Gasteiger partial charge in [0.05, 0.1) is 20.3 Å². The number of methoxy groups -OCH3 is 1. The molecule has 0 aromatic carbocycles. The van der Waals surface area contributed by atoms with E-state index >= 15 is 0 Å². The molecule has 25 heavy (non-hydrogen) atoms. The number of aliphatic hydroxyl groups excluding tert-OH is 1. The highest BCUT2D eigenvalue weighted by molar-refractivity contribution is 5.86. The van der Waals surface area contributed by atoms with E-state index in [4.69, 9.17) is 4.42 Å². The molecule has 1 atom stereocenters. The SMILES string of the molecule is COC(=O)c1coc(CN2CCC[C@]3(CCC(=O)N(CCO)C3)C2)n1. The zero-order valence-corrected chi connectivity index (χ0v) is 14.6. The van der Waals surface area contributed by atoms with Gasteiger partial charge in [-0.25, -0.2) is 9.78 Å². The molecule has 138 valence electrons. The minimum atomic E-state index is -0.504. The predicted molar refractivity (Wildman–Crippen MR) is 87.7 cm³/mol. The Morgan fingerprint density at radius 2 is 2.28 bits per heavy atom. The standard InChI is InChI=1S/C17H25N3O5/c1-24-16(23)13-10-25-14(18-13)9-19-6-2-4-17(11-19)5-3-15(22)20(12-17)7-8-21/h10,21H,2-9,11-12H2,1H3/t17-/m0/s1. The number of β-amino-alcohol motifs (C(OH)–C–C–N with tert-alkyl or cyclic N) is 1. The smallest absolute Gasteiger partial charge is 0.360 e. The Morgan fingerprint density at radius 1 is 1.44 bits per heavy atom. The average Bonchev–Trinajstić information content (AvgIpc) is 3.07. The van der Waals surface area contributed by atoms with E-state index in [2.05, 4.69) is 14.6 Å². The van der Waals surface area contributed by atoms with Crippen molar-refractivity contribution in [3.05, 3.63) is 17.8 Å². The third-order valence-corrected chi connectivity index (χ3v) is 5.16. The molecule has 1 aromatic heterocycles. The number of carbonyl (C=O) groups is 2. The second kappa shape index (κ2) is 7.53. The lowest BCUT2D eigenvalue weighted by Crippen LogP contribution is -2.54. The van der Waals surface area contributed by atoms with Gasteiger partial charge in [0.2, 0.25) is 11.8 Å². The van der Waals surface area contributed by atoms with Crippen molar-refractivity contribution in [2.24, 2.45) is 5.41 Å². The summed E-state index contributed by atoms with van der Waals surface area (Å²) in [6.45, 7) is 3.43. The second-order valence-electron chi connectivity index (χ2n) is 6.97. The normalized spacial score (nSPS) is 24.7. The monoisotopic (exact) mass is 351 g/mol. The summed E-state index contributed by atoms with van der Waals surface area (Å²) in [5.74, 6) is 0.124. The Labute approximate surface area is 146 Å². The molecular weight excluding hydrogens is 326 g/mol. The number of esters is 1. The van der Waals surface area contributed by atoms with E-state index in [1.165, 1.54) is 13.4 Å². The Kier molecular flexibility index (Phi) is 5.39. The maximum Gasteiger partial charge on any atom is 0.360 e. The molecule has 2 aliphatic rings. The number of hydrogen-bond donors (Lipinski definition) is 1. The Morgan fingerprint density at radius 3 is 3.04 bits per heavy atom. The minimum Gasteiger partial charge on any atom is -0.464 e. The first-order valence-electron chi connectivity index (χ1n) is 8.69. The van der Waals surface area contributed by atoms with Gasteiger partial charge in [-0.2, -0.15) is 0 Å². The van der Waals surface area contributed by atoms with Gasteiger partial charge in [-0.05, 0) is 25.8 Å². The molecule has 8 nitrogen and oxygen atoms in total. The first kappa shape index (κ1) is 17.9. The summed E-state index contributed by atoms with van der Waals surface area (Å²) in [4.78, 5) is 31.7. The van der Waals surface area contributed by atoms with Gasteiger partial charge in [-0.15, -0.1) is 0 Å². The molecule has 0 unspecified atom stereocenters. The zero-order valence-electron chi connectivity index (χ0n) is 14.6. The number of aromatic nitrogens is 1. The Bertz CT molecular complexity index is 632. The first-order chi connectivity index (χ1) is 12.0.